The molecule has 1 aromatic rings. The lowest BCUT2D eigenvalue weighted by Crippen LogP contribution is -2.29. The van der Waals surface area contributed by atoms with E-state index < -0.39 is 42.1 Å². The number of carbonyl (C=O) groups is 1. The number of nitrogens with one attached hydrogen (secondary N) is 1. The molecule has 0 heterocycles. The zero-order valence-corrected chi connectivity index (χ0v) is 13.2. The molecule has 0 unspecified atom stereocenters. The van der Waals surface area contributed by atoms with Crippen molar-refractivity contribution in [1.82, 2.24) is 5.32 Å². The number of rotatable bonds is 4. The first-order valence-electron chi connectivity index (χ1n) is 5.95. The van der Waals surface area contributed by atoms with Gasteiger partial charge in [-0.05, 0) is 24.3 Å². The maximum absolute atomic E-state index is 13.5. The molecular formula is C12H11Cl2F2NO3S. The molecule has 1 N–H and O–H groups in total. The van der Waals surface area contributed by atoms with Crippen molar-refractivity contribution < 1.29 is 22.0 Å². The Morgan fingerprint density at radius 1 is 1.43 bits per heavy atom. The van der Waals surface area contributed by atoms with Gasteiger partial charge in [-0.1, -0.05) is 18.5 Å². The number of benzene rings is 1. The van der Waals surface area contributed by atoms with Crippen molar-refractivity contribution in [1.29, 1.82) is 0 Å². The third-order valence-corrected chi connectivity index (χ3v) is 5.22. The normalized spacial score (nSPS) is 16.6. The summed E-state index contributed by atoms with van der Waals surface area (Å²) in [7, 11) is 0.398. The smallest absolute Gasteiger partial charge is 0.265 e. The number of amides is 1. The van der Waals surface area contributed by atoms with Crippen molar-refractivity contribution in [3.8, 4) is 0 Å². The zero-order chi connectivity index (χ0) is 16.0. The van der Waals surface area contributed by atoms with Crippen molar-refractivity contribution in [2.45, 2.75) is 24.7 Å². The van der Waals surface area contributed by atoms with Crippen molar-refractivity contribution in [2.75, 3.05) is 6.54 Å². The first-order chi connectivity index (χ1) is 9.55. The predicted molar refractivity (Wildman–Crippen MR) is 74.1 cm³/mol. The lowest BCUT2D eigenvalue weighted by Gasteiger charge is -2.12. The molecule has 1 aliphatic carbocycles. The Kier molecular flexibility index (Phi) is 4.21. The van der Waals surface area contributed by atoms with Gasteiger partial charge in [0.05, 0.1) is 10.6 Å². The Labute approximate surface area is 129 Å². The van der Waals surface area contributed by atoms with Crippen molar-refractivity contribution in [2.24, 2.45) is 5.41 Å². The summed E-state index contributed by atoms with van der Waals surface area (Å²) in [5, 5.41) is 1.78. The van der Waals surface area contributed by atoms with E-state index in [9.17, 15) is 22.0 Å². The molecule has 0 atom stereocenters. The SMILES string of the molecule is CC1(CNC(=O)c2cc(F)c(F)c(S(=O)(=O)Cl)c2Cl)CC1. The lowest BCUT2D eigenvalue weighted by molar-refractivity contribution is 0.0945. The van der Waals surface area contributed by atoms with Crippen LogP contribution in [0.3, 0.4) is 0 Å². The summed E-state index contributed by atoms with van der Waals surface area (Å²) < 4.78 is 49.5. The number of hydrogen-bond acceptors (Lipinski definition) is 3. The van der Waals surface area contributed by atoms with Crippen LogP contribution in [0, 0.1) is 17.0 Å². The number of carbonyl (C=O) groups excluding carboxylic acids is 1. The molecule has 0 aliphatic heterocycles. The summed E-state index contributed by atoms with van der Waals surface area (Å²) in [6.45, 7) is 2.29. The van der Waals surface area contributed by atoms with E-state index in [-0.39, 0.29) is 5.41 Å². The molecule has 1 aliphatic rings. The molecule has 1 aromatic carbocycles. The van der Waals surface area contributed by atoms with E-state index in [4.69, 9.17) is 22.3 Å². The topological polar surface area (TPSA) is 63.2 Å². The lowest BCUT2D eigenvalue weighted by atomic mass is 10.1. The molecule has 2 rings (SSSR count). The highest BCUT2D eigenvalue weighted by Gasteiger charge is 2.37. The largest absolute Gasteiger partial charge is 0.351 e. The third kappa shape index (κ3) is 3.46. The molecule has 1 saturated carbocycles. The zero-order valence-electron chi connectivity index (χ0n) is 10.8. The molecule has 0 aromatic heterocycles. The van der Waals surface area contributed by atoms with Crippen molar-refractivity contribution in [3.05, 3.63) is 28.3 Å². The van der Waals surface area contributed by atoms with E-state index in [1.165, 1.54) is 0 Å². The van der Waals surface area contributed by atoms with E-state index in [2.05, 4.69) is 5.32 Å². The second kappa shape index (κ2) is 5.37. The first-order valence-corrected chi connectivity index (χ1v) is 8.64. The van der Waals surface area contributed by atoms with Gasteiger partial charge in [0.2, 0.25) is 0 Å². The van der Waals surface area contributed by atoms with Crippen LogP contribution in [0.1, 0.15) is 30.1 Å². The van der Waals surface area contributed by atoms with Gasteiger partial charge >= 0.3 is 0 Å². The van der Waals surface area contributed by atoms with Crippen LogP contribution in [0.4, 0.5) is 8.78 Å². The summed E-state index contributed by atoms with van der Waals surface area (Å²) in [6.07, 6.45) is 1.89. The van der Waals surface area contributed by atoms with Gasteiger partial charge in [-0.2, -0.15) is 0 Å². The van der Waals surface area contributed by atoms with Gasteiger partial charge in [0.25, 0.3) is 15.0 Å². The summed E-state index contributed by atoms with van der Waals surface area (Å²) in [5.74, 6) is -4.00. The average Bonchev–Trinajstić information content (AvgIpc) is 3.08. The van der Waals surface area contributed by atoms with Crippen molar-refractivity contribution in [3.63, 3.8) is 0 Å². The van der Waals surface area contributed by atoms with Crippen LogP contribution in [-0.4, -0.2) is 20.9 Å². The van der Waals surface area contributed by atoms with E-state index in [1.807, 2.05) is 6.92 Å². The fourth-order valence-electron chi connectivity index (χ4n) is 1.74. The van der Waals surface area contributed by atoms with E-state index in [0.717, 1.165) is 12.8 Å². The molecule has 4 nitrogen and oxygen atoms in total. The van der Waals surface area contributed by atoms with Gasteiger partial charge in [0, 0.05) is 17.2 Å². The molecule has 21 heavy (non-hydrogen) atoms. The molecule has 0 spiro atoms. The van der Waals surface area contributed by atoms with Crippen LogP contribution in [0.25, 0.3) is 0 Å². The fraction of sp³-hybridized carbons (Fsp3) is 0.417. The van der Waals surface area contributed by atoms with Crippen LogP contribution in [-0.2, 0) is 9.05 Å². The van der Waals surface area contributed by atoms with Gasteiger partial charge < -0.3 is 5.32 Å². The second-order valence-corrected chi connectivity index (χ2v) is 8.17. The molecule has 1 fully saturated rings. The van der Waals surface area contributed by atoms with Crippen LogP contribution in [0.5, 0.6) is 0 Å². The molecule has 1 amide bonds. The molecule has 116 valence electrons. The van der Waals surface area contributed by atoms with E-state index in [1.54, 1.807) is 0 Å². The number of halogens is 4. The van der Waals surface area contributed by atoms with Crippen LogP contribution in [0.15, 0.2) is 11.0 Å². The summed E-state index contributed by atoms with van der Waals surface area (Å²) >= 11 is 5.70. The molecule has 0 radical (unpaired) electrons. The molecule has 0 bridgehead atoms. The summed E-state index contributed by atoms with van der Waals surface area (Å²) in [5.41, 5.74) is -0.485. The highest BCUT2D eigenvalue weighted by Crippen LogP contribution is 2.44. The Bertz CT molecular complexity index is 718. The Morgan fingerprint density at radius 2 is 2.00 bits per heavy atom. The Balaban J connectivity index is 2.40. The van der Waals surface area contributed by atoms with Gasteiger partial charge in [-0.25, -0.2) is 17.2 Å². The van der Waals surface area contributed by atoms with E-state index in [0.29, 0.717) is 12.6 Å². The monoisotopic (exact) mass is 357 g/mol. The van der Waals surface area contributed by atoms with Gasteiger partial charge in [-0.3, -0.25) is 4.79 Å². The third-order valence-electron chi connectivity index (χ3n) is 3.38. The van der Waals surface area contributed by atoms with Crippen LogP contribution in [0.2, 0.25) is 5.02 Å². The van der Waals surface area contributed by atoms with Gasteiger partial charge in [-0.15, -0.1) is 0 Å². The highest BCUT2D eigenvalue weighted by molar-refractivity contribution is 8.13. The van der Waals surface area contributed by atoms with Crippen LogP contribution < -0.4 is 5.32 Å². The second-order valence-electron chi connectivity index (χ2n) is 5.29. The Hall–Kier alpha value is -0.920. The first kappa shape index (κ1) is 16.5. The quantitative estimate of drug-likeness (QED) is 0.665. The maximum Gasteiger partial charge on any atom is 0.265 e. The summed E-state index contributed by atoms with van der Waals surface area (Å²) in [4.78, 5) is 10.7. The molecular weight excluding hydrogens is 347 g/mol. The minimum Gasteiger partial charge on any atom is -0.351 e. The molecule has 9 heteroatoms. The van der Waals surface area contributed by atoms with Gasteiger partial charge in [0.1, 0.15) is 4.90 Å². The Morgan fingerprint density at radius 3 is 2.48 bits per heavy atom. The van der Waals surface area contributed by atoms with Gasteiger partial charge in [0.15, 0.2) is 11.6 Å². The maximum atomic E-state index is 13.5. The molecule has 0 saturated heterocycles. The fourth-order valence-corrected chi connectivity index (χ4v) is 3.46. The number of hydrogen-bond donors (Lipinski definition) is 1. The average molecular weight is 358 g/mol. The van der Waals surface area contributed by atoms with Crippen LogP contribution >= 0.6 is 22.3 Å². The highest BCUT2D eigenvalue weighted by atomic mass is 35.7. The standard InChI is InChI=1S/C12H11Cl2F2NO3S/c1-12(2-3-12)5-17-11(18)6-4-7(15)9(16)10(8(6)13)21(14,19)20/h4H,2-3,5H2,1H3,(H,17,18). The summed E-state index contributed by atoms with van der Waals surface area (Å²) in [6, 6.07) is 0.549. The van der Waals surface area contributed by atoms with Crippen molar-refractivity contribution >= 4 is 37.2 Å². The minimum atomic E-state index is -4.63. The van der Waals surface area contributed by atoms with E-state index >= 15 is 0 Å². The minimum absolute atomic E-state index is 0.0118. The predicted octanol–water partition coefficient (Wildman–Crippen LogP) is 3.08.